The molecule has 1 N–H and O–H groups in total. The Morgan fingerprint density at radius 3 is 2.74 bits per heavy atom. The quantitative estimate of drug-likeness (QED) is 0.750. The van der Waals surface area contributed by atoms with E-state index in [0.717, 1.165) is 37.3 Å². The number of rotatable bonds is 4. The van der Waals surface area contributed by atoms with Gasteiger partial charge in [-0.15, -0.1) is 0 Å². The zero-order valence-electron chi connectivity index (χ0n) is 13.7. The molecular formula is C18H23Cl2N3. The van der Waals surface area contributed by atoms with Crippen LogP contribution in [0.2, 0.25) is 10.0 Å². The minimum Gasteiger partial charge on any atom is -0.370 e. The van der Waals surface area contributed by atoms with Crippen molar-refractivity contribution in [3.63, 3.8) is 0 Å². The van der Waals surface area contributed by atoms with Crippen molar-refractivity contribution in [3.05, 3.63) is 39.5 Å². The molecule has 0 saturated heterocycles. The van der Waals surface area contributed by atoms with Gasteiger partial charge in [0.1, 0.15) is 5.82 Å². The standard InChI is InChI=1S/C18H23Cl2N3/c1-3-12(4-2)17-14-7-5-6-10-21-18(14)23(22-17)16-11-13(19)8-9-15(16)20/h8-9,11-12,21H,3-7,10H2,1-2H3. The number of hydrogen-bond donors (Lipinski definition) is 1. The van der Waals surface area contributed by atoms with E-state index in [1.165, 1.54) is 24.1 Å². The molecule has 0 fully saturated rings. The van der Waals surface area contributed by atoms with E-state index in [1.54, 1.807) is 0 Å². The molecule has 1 aromatic carbocycles. The molecule has 1 aromatic heterocycles. The van der Waals surface area contributed by atoms with Crippen LogP contribution in [0.4, 0.5) is 5.82 Å². The third-order valence-corrected chi connectivity index (χ3v) is 5.22. The van der Waals surface area contributed by atoms with Gasteiger partial charge in [0.05, 0.1) is 16.4 Å². The lowest BCUT2D eigenvalue weighted by Gasteiger charge is -2.11. The SMILES string of the molecule is CCC(CC)c1nn(-c2cc(Cl)ccc2Cl)c2c1CCCCN2. The van der Waals surface area contributed by atoms with Crippen molar-refractivity contribution in [3.8, 4) is 5.69 Å². The molecule has 3 rings (SSSR count). The first-order valence-electron chi connectivity index (χ1n) is 8.46. The van der Waals surface area contributed by atoms with E-state index in [0.29, 0.717) is 16.0 Å². The first kappa shape index (κ1) is 16.7. The monoisotopic (exact) mass is 351 g/mol. The van der Waals surface area contributed by atoms with Crippen LogP contribution in [0.3, 0.4) is 0 Å². The van der Waals surface area contributed by atoms with E-state index in [9.17, 15) is 0 Å². The van der Waals surface area contributed by atoms with Gasteiger partial charge < -0.3 is 5.32 Å². The van der Waals surface area contributed by atoms with Crippen LogP contribution in [0.15, 0.2) is 18.2 Å². The van der Waals surface area contributed by atoms with E-state index in [2.05, 4.69) is 19.2 Å². The van der Waals surface area contributed by atoms with Crippen molar-refractivity contribution in [1.82, 2.24) is 9.78 Å². The van der Waals surface area contributed by atoms with E-state index in [4.69, 9.17) is 28.3 Å². The number of anilines is 1. The van der Waals surface area contributed by atoms with Crippen LogP contribution in [0.1, 0.15) is 56.7 Å². The van der Waals surface area contributed by atoms with Crippen LogP contribution in [-0.2, 0) is 6.42 Å². The van der Waals surface area contributed by atoms with E-state index in [-0.39, 0.29) is 0 Å². The maximum Gasteiger partial charge on any atom is 0.133 e. The molecule has 0 amide bonds. The minimum atomic E-state index is 0.489. The second kappa shape index (κ2) is 7.14. The summed E-state index contributed by atoms with van der Waals surface area (Å²) in [5.41, 5.74) is 3.42. The molecule has 0 saturated carbocycles. The molecule has 23 heavy (non-hydrogen) atoms. The molecule has 0 atom stereocenters. The molecule has 3 nitrogen and oxygen atoms in total. The van der Waals surface area contributed by atoms with Gasteiger partial charge in [-0.1, -0.05) is 37.0 Å². The normalized spacial score (nSPS) is 14.5. The molecule has 0 unspecified atom stereocenters. The van der Waals surface area contributed by atoms with Gasteiger partial charge in [0, 0.05) is 23.0 Å². The molecule has 0 radical (unpaired) electrons. The number of nitrogens with one attached hydrogen (secondary N) is 1. The molecule has 2 heterocycles. The third kappa shape index (κ3) is 3.22. The van der Waals surface area contributed by atoms with Gasteiger partial charge in [-0.3, -0.25) is 0 Å². The Kier molecular flexibility index (Phi) is 5.17. The first-order chi connectivity index (χ1) is 11.2. The Balaban J connectivity index is 2.18. The lowest BCUT2D eigenvalue weighted by molar-refractivity contribution is 0.605. The summed E-state index contributed by atoms with van der Waals surface area (Å²) in [6.45, 7) is 5.44. The van der Waals surface area contributed by atoms with Gasteiger partial charge >= 0.3 is 0 Å². The average molecular weight is 352 g/mol. The molecular weight excluding hydrogens is 329 g/mol. The van der Waals surface area contributed by atoms with Crippen molar-refractivity contribution in [2.45, 2.75) is 51.9 Å². The lowest BCUT2D eigenvalue weighted by atomic mass is 9.94. The second-order valence-corrected chi connectivity index (χ2v) is 6.96. The van der Waals surface area contributed by atoms with Crippen molar-refractivity contribution >= 4 is 29.0 Å². The zero-order chi connectivity index (χ0) is 16.4. The molecule has 1 aliphatic rings. The van der Waals surface area contributed by atoms with Crippen LogP contribution < -0.4 is 5.32 Å². The molecule has 2 aromatic rings. The fraction of sp³-hybridized carbons (Fsp3) is 0.500. The summed E-state index contributed by atoms with van der Waals surface area (Å²) in [6, 6.07) is 5.53. The highest BCUT2D eigenvalue weighted by atomic mass is 35.5. The highest BCUT2D eigenvalue weighted by molar-refractivity contribution is 6.34. The smallest absolute Gasteiger partial charge is 0.133 e. The fourth-order valence-electron chi connectivity index (χ4n) is 3.35. The molecule has 0 aliphatic carbocycles. The summed E-state index contributed by atoms with van der Waals surface area (Å²) in [5.74, 6) is 1.58. The van der Waals surface area contributed by atoms with Gasteiger partial charge in [0.15, 0.2) is 0 Å². The van der Waals surface area contributed by atoms with E-state index < -0.39 is 0 Å². The highest BCUT2D eigenvalue weighted by Crippen LogP contribution is 2.36. The highest BCUT2D eigenvalue weighted by Gasteiger charge is 2.25. The van der Waals surface area contributed by atoms with Crippen LogP contribution in [-0.4, -0.2) is 16.3 Å². The average Bonchev–Trinajstić information content (AvgIpc) is 2.73. The third-order valence-electron chi connectivity index (χ3n) is 4.67. The zero-order valence-corrected chi connectivity index (χ0v) is 15.2. The summed E-state index contributed by atoms with van der Waals surface area (Å²) >= 11 is 12.6. The maximum absolute atomic E-state index is 6.42. The van der Waals surface area contributed by atoms with Crippen LogP contribution >= 0.6 is 23.2 Å². The lowest BCUT2D eigenvalue weighted by Crippen LogP contribution is -2.07. The molecule has 124 valence electrons. The Labute approximate surface area is 148 Å². The fourth-order valence-corrected chi connectivity index (χ4v) is 3.72. The summed E-state index contributed by atoms with van der Waals surface area (Å²) in [5, 5.41) is 9.86. The molecule has 5 heteroatoms. The topological polar surface area (TPSA) is 29.9 Å². The van der Waals surface area contributed by atoms with Gasteiger partial charge in [-0.05, 0) is 50.3 Å². The molecule has 1 aliphatic heterocycles. The molecule has 0 bridgehead atoms. The summed E-state index contributed by atoms with van der Waals surface area (Å²) in [7, 11) is 0. The predicted octanol–water partition coefficient (Wildman–Crippen LogP) is 5.83. The van der Waals surface area contributed by atoms with Gasteiger partial charge in [0.25, 0.3) is 0 Å². The van der Waals surface area contributed by atoms with Gasteiger partial charge in [0.2, 0.25) is 0 Å². The summed E-state index contributed by atoms with van der Waals surface area (Å²) < 4.78 is 1.96. The van der Waals surface area contributed by atoms with E-state index in [1.807, 2.05) is 22.9 Å². The number of nitrogens with zero attached hydrogens (tertiary/aromatic N) is 2. The van der Waals surface area contributed by atoms with Crippen molar-refractivity contribution in [2.24, 2.45) is 0 Å². The van der Waals surface area contributed by atoms with E-state index >= 15 is 0 Å². The second-order valence-electron chi connectivity index (χ2n) is 6.12. The predicted molar refractivity (Wildman–Crippen MR) is 98.3 cm³/mol. The Morgan fingerprint density at radius 1 is 1.22 bits per heavy atom. The number of halogens is 2. The van der Waals surface area contributed by atoms with Crippen molar-refractivity contribution in [2.75, 3.05) is 11.9 Å². The summed E-state index contributed by atoms with van der Waals surface area (Å²) in [6.07, 6.45) is 5.65. The van der Waals surface area contributed by atoms with Crippen LogP contribution in [0.5, 0.6) is 0 Å². The number of benzene rings is 1. The molecule has 0 spiro atoms. The number of hydrogen-bond acceptors (Lipinski definition) is 2. The Morgan fingerprint density at radius 2 is 2.00 bits per heavy atom. The first-order valence-corrected chi connectivity index (χ1v) is 9.22. The minimum absolute atomic E-state index is 0.489. The van der Waals surface area contributed by atoms with Crippen LogP contribution in [0.25, 0.3) is 5.69 Å². The Bertz CT molecular complexity index is 690. The summed E-state index contributed by atoms with van der Waals surface area (Å²) in [4.78, 5) is 0. The van der Waals surface area contributed by atoms with Crippen molar-refractivity contribution < 1.29 is 0 Å². The largest absolute Gasteiger partial charge is 0.370 e. The van der Waals surface area contributed by atoms with Gasteiger partial charge in [-0.25, -0.2) is 4.68 Å². The van der Waals surface area contributed by atoms with Crippen LogP contribution in [0, 0.1) is 0 Å². The maximum atomic E-state index is 6.42. The number of aromatic nitrogens is 2. The van der Waals surface area contributed by atoms with Crippen molar-refractivity contribution in [1.29, 1.82) is 0 Å². The number of fused-ring (bicyclic) bond motifs is 1. The Hall–Kier alpha value is -1.19. The van der Waals surface area contributed by atoms with Gasteiger partial charge in [-0.2, -0.15) is 5.10 Å².